The summed E-state index contributed by atoms with van der Waals surface area (Å²) < 4.78 is 14.9. The number of aromatic nitrogens is 2. The molecule has 0 atom stereocenters. The summed E-state index contributed by atoms with van der Waals surface area (Å²) in [5, 5.41) is 7.21. The van der Waals surface area contributed by atoms with E-state index >= 15 is 0 Å². The van der Waals surface area contributed by atoms with Gasteiger partial charge in [0, 0.05) is 11.7 Å². The molecule has 0 radical (unpaired) electrons. The number of hydrogen-bond acceptors (Lipinski definition) is 3. The third-order valence-electron chi connectivity index (χ3n) is 3.31. The lowest BCUT2D eigenvalue weighted by molar-refractivity contribution is 0.102. The average Bonchev–Trinajstić information content (AvgIpc) is 2.66. The predicted molar refractivity (Wildman–Crippen MR) is 80.9 cm³/mol. The smallest absolute Gasteiger partial charge is 0.257 e. The summed E-state index contributed by atoms with van der Waals surface area (Å²) >= 11 is 0. The van der Waals surface area contributed by atoms with Gasteiger partial charge in [-0.2, -0.15) is 5.10 Å². The molecule has 0 spiro atoms. The normalized spacial score (nSPS) is 11.0. The van der Waals surface area contributed by atoms with E-state index in [2.05, 4.69) is 10.4 Å². The van der Waals surface area contributed by atoms with E-state index in [9.17, 15) is 9.18 Å². The molecule has 0 saturated carbocycles. The minimum atomic E-state index is -0.468. The monoisotopic (exact) mass is 290 g/mol. The lowest BCUT2D eigenvalue weighted by Gasteiger charge is -2.10. The van der Waals surface area contributed by atoms with Crippen molar-refractivity contribution in [2.75, 3.05) is 11.1 Å². The molecule has 1 aromatic heterocycles. The Hall–Kier alpha value is -2.37. The van der Waals surface area contributed by atoms with Gasteiger partial charge in [-0.25, -0.2) is 4.39 Å². The van der Waals surface area contributed by atoms with Gasteiger partial charge in [0.25, 0.3) is 5.91 Å². The van der Waals surface area contributed by atoms with E-state index in [0.717, 1.165) is 17.5 Å². The van der Waals surface area contributed by atoms with E-state index in [1.807, 2.05) is 32.4 Å². The number of nitrogens with one attached hydrogen (secondary N) is 1. The van der Waals surface area contributed by atoms with Crippen LogP contribution >= 0.6 is 0 Å². The van der Waals surface area contributed by atoms with E-state index < -0.39 is 5.82 Å². The second-order valence-electron chi connectivity index (χ2n) is 5.27. The molecule has 0 fully saturated rings. The van der Waals surface area contributed by atoms with Crippen LogP contribution in [0, 0.1) is 19.7 Å². The van der Waals surface area contributed by atoms with Gasteiger partial charge in [-0.1, -0.05) is 0 Å². The summed E-state index contributed by atoms with van der Waals surface area (Å²) in [5.74, 6) is -0.842. The summed E-state index contributed by atoms with van der Waals surface area (Å²) in [6, 6.07) is 3.91. The summed E-state index contributed by atoms with van der Waals surface area (Å²) in [6.45, 7) is 7.76. The number of carbonyl (C=O) groups is 1. The number of carbonyl (C=O) groups excluding carboxylic acids is 1. The summed E-state index contributed by atoms with van der Waals surface area (Å²) in [7, 11) is 0. The van der Waals surface area contributed by atoms with Crippen molar-refractivity contribution in [2.24, 2.45) is 0 Å². The average molecular weight is 290 g/mol. The lowest BCUT2D eigenvalue weighted by Crippen LogP contribution is -2.15. The van der Waals surface area contributed by atoms with Crippen molar-refractivity contribution in [2.45, 2.75) is 33.7 Å². The van der Waals surface area contributed by atoms with Crippen molar-refractivity contribution in [3.8, 4) is 0 Å². The number of anilines is 2. The predicted octanol–water partition coefficient (Wildman–Crippen LogP) is 3.05. The van der Waals surface area contributed by atoms with Crippen molar-refractivity contribution in [3.05, 3.63) is 41.0 Å². The number of hydrogen-bond donors (Lipinski definition) is 2. The van der Waals surface area contributed by atoms with Crippen molar-refractivity contribution < 1.29 is 9.18 Å². The van der Waals surface area contributed by atoms with Gasteiger partial charge >= 0.3 is 0 Å². The first-order valence-corrected chi connectivity index (χ1v) is 6.73. The first-order valence-electron chi connectivity index (χ1n) is 6.73. The number of amides is 1. The van der Waals surface area contributed by atoms with Crippen molar-refractivity contribution in [1.82, 2.24) is 9.78 Å². The minimum absolute atomic E-state index is 0.110. The van der Waals surface area contributed by atoms with Crippen LogP contribution in [0.4, 0.5) is 15.8 Å². The Balaban J connectivity index is 2.32. The van der Waals surface area contributed by atoms with Crippen molar-refractivity contribution in [3.63, 3.8) is 0 Å². The molecule has 3 N–H and O–H groups in total. The van der Waals surface area contributed by atoms with Crippen molar-refractivity contribution >= 4 is 17.3 Å². The fraction of sp³-hybridized carbons (Fsp3) is 0.333. The molecule has 0 aliphatic heterocycles. The molecule has 1 heterocycles. The van der Waals surface area contributed by atoms with Crippen LogP contribution in [0.2, 0.25) is 0 Å². The molecular weight excluding hydrogens is 271 g/mol. The molecule has 5 nitrogen and oxygen atoms in total. The van der Waals surface area contributed by atoms with Crippen LogP contribution in [-0.4, -0.2) is 15.7 Å². The Morgan fingerprint density at radius 3 is 2.57 bits per heavy atom. The van der Waals surface area contributed by atoms with E-state index in [-0.39, 0.29) is 23.2 Å². The number of nitrogens with two attached hydrogens (primary N) is 1. The second kappa shape index (κ2) is 5.55. The molecule has 2 aromatic rings. The van der Waals surface area contributed by atoms with Gasteiger partial charge in [0.15, 0.2) is 0 Å². The molecule has 0 aliphatic carbocycles. The Bertz CT molecular complexity index is 691. The molecule has 1 amide bonds. The molecule has 21 heavy (non-hydrogen) atoms. The van der Waals surface area contributed by atoms with Crippen LogP contribution in [0.25, 0.3) is 0 Å². The Kier molecular flexibility index (Phi) is 3.97. The van der Waals surface area contributed by atoms with Gasteiger partial charge in [0.05, 0.1) is 22.6 Å². The third-order valence-corrected chi connectivity index (χ3v) is 3.31. The van der Waals surface area contributed by atoms with Gasteiger partial charge in [-0.15, -0.1) is 0 Å². The topological polar surface area (TPSA) is 72.9 Å². The number of nitrogen functional groups attached to an aromatic ring is 1. The highest BCUT2D eigenvalue weighted by Crippen LogP contribution is 2.24. The van der Waals surface area contributed by atoms with Gasteiger partial charge < -0.3 is 11.1 Å². The molecule has 2 rings (SSSR count). The van der Waals surface area contributed by atoms with Crippen LogP contribution in [0.15, 0.2) is 18.2 Å². The van der Waals surface area contributed by atoms with Crippen LogP contribution < -0.4 is 11.1 Å². The second-order valence-corrected chi connectivity index (χ2v) is 5.27. The van der Waals surface area contributed by atoms with Gasteiger partial charge in [0.2, 0.25) is 0 Å². The SMILES string of the molecule is Cc1nn(C(C)C)c(C)c1NC(=O)c1ccc(F)cc1N. The Morgan fingerprint density at radius 1 is 1.38 bits per heavy atom. The molecule has 6 heteroatoms. The number of aryl methyl sites for hydroxylation is 1. The van der Waals surface area contributed by atoms with Crippen LogP contribution in [0.1, 0.15) is 41.6 Å². The minimum Gasteiger partial charge on any atom is -0.398 e. The largest absolute Gasteiger partial charge is 0.398 e. The Morgan fingerprint density at radius 2 is 2.05 bits per heavy atom. The maximum atomic E-state index is 13.0. The van der Waals surface area contributed by atoms with Gasteiger partial charge in [-0.3, -0.25) is 9.48 Å². The zero-order valence-corrected chi connectivity index (χ0v) is 12.6. The molecule has 0 unspecified atom stereocenters. The molecular formula is C15H19FN4O. The number of benzene rings is 1. The zero-order chi connectivity index (χ0) is 15.7. The molecule has 0 aliphatic rings. The number of nitrogens with zero attached hydrogens (tertiary/aromatic N) is 2. The van der Waals surface area contributed by atoms with Crippen molar-refractivity contribution in [1.29, 1.82) is 0 Å². The first-order chi connectivity index (χ1) is 9.81. The van der Waals surface area contributed by atoms with Gasteiger partial charge in [-0.05, 0) is 45.9 Å². The van der Waals surface area contributed by atoms with Crippen LogP contribution in [-0.2, 0) is 0 Å². The number of halogens is 1. The fourth-order valence-corrected chi connectivity index (χ4v) is 2.27. The maximum absolute atomic E-state index is 13.0. The summed E-state index contributed by atoms with van der Waals surface area (Å²) in [6.07, 6.45) is 0. The highest BCUT2D eigenvalue weighted by atomic mass is 19.1. The van der Waals surface area contributed by atoms with E-state index in [1.54, 1.807) is 0 Å². The third kappa shape index (κ3) is 2.89. The maximum Gasteiger partial charge on any atom is 0.257 e. The lowest BCUT2D eigenvalue weighted by atomic mass is 10.1. The highest BCUT2D eigenvalue weighted by Gasteiger charge is 2.17. The molecule has 0 saturated heterocycles. The summed E-state index contributed by atoms with van der Waals surface area (Å²) in [4.78, 5) is 12.3. The van der Waals surface area contributed by atoms with E-state index in [1.165, 1.54) is 12.1 Å². The Labute approximate surface area is 123 Å². The quantitative estimate of drug-likeness (QED) is 0.853. The standard InChI is InChI=1S/C15H19FN4O/c1-8(2)20-10(4)14(9(3)19-20)18-15(21)12-6-5-11(16)7-13(12)17/h5-8H,17H2,1-4H3,(H,18,21). The number of rotatable bonds is 3. The first kappa shape index (κ1) is 15.0. The van der Waals surface area contributed by atoms with E-state index in [0.29, 0.717) is 5.69 Å². The highest BCUT2D eigenvalue weighted by molar-refractivity contribution is 6.08. The molecule has 0 bridgehead atoms. The fourth-order valence-electron chi connectivity index (χ4n) is 2.27. The van der Waals surface area contributed by atoms with E-state index in [4.69, 9.17) is 5.73 Å². The molecule has 1 aromatic carbocycles. The van der Waals surface area contributed by atoms with Gasteiger partial charge in [0.1, 0.15) is 5.82 Å². The van der Waals surface area contributed by atoms with Crippen LogP contribution in [0.3, 0.4) is 0 Å². The van der Waals surface area contributed by atoms with Crippen LogP contribution in [0.5, 0.6) is 0 Å². The zero-order valence-electron chi connectivity index (χ0n) is 12.6. The summed E-state index contributed by atoms with van der Waals surface area (Å²) in [5.41, 5.74) is 8.30. The molecule has 112 valence electrons.